The molecule has 1 N–H and O–H groups in total. The average molecular weight is 280 g/mol. The summed E-state index contributed by atoms with van der Waals surface area (Å²) in [7, 11) is 0. The monoisotopic (exact) mass is 280 g/mol. The Morgan fingerprint density at radius 1 is 1.15 bits per heavy atom. The van der Waals surface area contributed by atoms with E-state index in [-0.39, 0.29) is 5.54 Å². The molecule has 0 spiro atoms. The number of nitrogens with zero attached hydrogens (tertiary/aromatic N) is 1. The van der Waals surface area contributed by atoms with E-state index in [2.05, 4.69) is 44.8 Å². The van der Waals surface area contributed by atoms with Gasteiger partial charge < -0.3 is 5.32 Å². The summed E-state index contributed by atoms with van der Waals surface area (Å²) in [6, 6.07) is 0.907. The Kier molecular flexibility index (Phi) is 5.18. The van der Waals surface area contributed by atoms with E-state index < -0.39 is 0 Å². The van der Waals surface area contributed by atoms with Crippen LogP contribution in [0.3, 0.4) is 0 Å². The van der Waals surface area contributed by atoms with Crippen LogP contribution in [0.15, 0.2) is 0 Å². The third kappa shape index (κ3) is 5.04. The van der Waals surface area contributed by atoms with Crippen molar-refractivity contribution in [2.24, 2.45) is 11.3 Å². The first-order chi connectivity index (χ1) is 9.30. The lowest BCUT2D eigenvalue weighted by Crippen LogP contribution is -2.48. The molecule has 0 aromatic carbocycles. The maximum Gasteiger partial charge on any atom is 0.00967 e. The second-order valence-electron chi connectivity index (χ2n) is 8.87. The van der Waals surface area contributed by atoms with Gasteiger partial charge >= 0.3 is 0 Å². The molecule has 2 aliphatic carbocycles. The quantitative estimate of drug-likeness (QED) is 0.756. The summed E-state index contributed by atoms with van der Waals surface area (Å²) in [5.74, 6) is 0.796. The van der Waals surface area contributed by atoms with E-state index in [4.69, 9.17) is 0 Å². The van der Waals surface area contributed by atoms with E-state index in [9.17, 15) is 0 Å². The largest absolute Gasteiger partial charge is 0.311 e. The minimum absolute atomic E-state index is 0.248. The Bertz CT molecular complexity index is 293. The molecule has 0 saturated heterocycles. The Morgan fingerprint density at radius 3 is 2.20 bits per heavy atom. The van der Waals surface area contributed by atoms with E-state index in [0.29, 0.717) is 5.41 Å². The van der Waals surface area contributed by atoms with Crippen LogP contribution in [0.4, 0.5) is 0 Å². The molecule has 0 bridgehead atoms. The molecular formula is C18H36N2. The van der Waals surface area contributed by atoms with Crippen LogP contribution < -0.4 is 5.32 Å². The van der Waals surface area contributed by atoms with E-state index >= 15 is 0 Å². The molecule has 20 heavy (non-hydrogen) atoms. The van der Waals surface area contributed by atoms with E-state index in [1.165, 1.54) is 58.2 Å². The first kappa shape index (κ1) is 16.3. The molecule has 0 amide bonds. The van der Waals surface area contributed by atoms with Crippen molar-refractivity contribution in [1.29, 1.82) is 0 Å². The highest BCUT2D eigenvalue weighted by atomic mass is 15.2. The van der Waals surface area contributed by atoms with E-state index in [1.54, 1.807) is 0 Å². The number of hydrogen-bond donors (Lipinski definition) is 1. The van der Waals surface area contributed by atoms with Gasteiger partial charge in [-0.1, -0.05) is 26.7 Å². The zero-order valence-corrected chi connectivity index (χ0v) is 14.5. The number of hydrogen-bond acceptors (Lipinski definition) is 2. The molecular weight excluding hydrogens is 244 g/mol. The van der Waals surface area contributed by atoms with Crippen molar-refractivity contribution in [1.82, 2.24) is 10.2 Å². The van der Waals surface area contributed by atoms with Crippen LogP contribution in [0.1, 0.15) is 73.1 Å². The van der Waals surface area contributed by atoms with Gasteiger partial charge in [0.05, 0.1) is 0 Å². The van der Waals surface area contributed by atoms with Crippen LogP contribution in [0, 0.1) is 11.3 Å². The highest BCUT2D eigenvalue weighted by molar-refractivity contribution is 4.95. The van der Waals surface area contributed by atoms with Gasteiger partial charge in [0.2, 0.25) is 0 Å². The zero-order valence-electron chi connectivity index (χ0n) is 14.5. The molecule has 0 radical (unpaired) electrons. The fourth-order valence-electron chi connectivity index (χ4n) is 3.65. The summed E-state index contributed by atoms with van der Waals surface area (Å²) in [5.41, 5.74) is 0.794. The second kappa shape index (κ2) is 6.36. The second-order valence-corrected chi connectivity index (χ2v) is 8.87. The van der Waals surface area contributed by atoms with Crippen molar-refractivity contribution in [3.05, 3.63) is 0 Å². The van der Waals surface area contributed by atoms with Gasteiger partial charge in [-0.15, -0.1) is 0 Å². The van der Waals surface area contributed by atoms with Crippen molar-refractivity contribution in [3.63, 3.8) is 0 Å². The van der Waals surface area contributed by atoms with Gasteiger partial charge in [-0.25, -0.2) is 0 Å². The molecule has 0 atom stereocenters. The molecule has 0 aliphatic heterocycles. The van der Waals surface area contributed by atoms with Crippen molar-refractivity contribution in [2.75, 3.05) is 19.6 Å². The normalized spacial score (nSPS) is 22.9. The lowest BCUT2D eigenvalue weighted by Gasteiger charge is -2.38. The molecule has 2 fully saturated rings. The summed E-state index contributed by atoms with van der Waals surface area (Å²) in [6.07, 6.45) is 8.61. The fraction of sp³-hybridized carbons (Fsp3) is 1.00. The lowest BCUT2D eigenvalue weighted by molar-refractivity contribution is 0.123. The van der Waals surface area contributed by atoms with Crippen LogP contribution in [0.2, 0.25) is 0 Å². The smallest absolute Gasteiger partial charge is 0.00967 e. The third-order valence-electron chi connectivity index (χ3n) is 4.86. The van der Waals surface area contributed by atoms with E-state index in [1.807, 2.05) is 0 Å². The van der Waals surface area contributed by atoms with Crippen LogP contribution >= 0.6 is 0 Å². The van der Waals surface area contributed by atoms with Crippen molar-refractivity contribution < 1.29 is 0 Å². The van der Waals surface area contributed by atoms with Gasteiger partial charge in [-0.2, -0.15) is 0 Å². The summed E-state index contributed by atoms with van der Waals surface area (Å²) >= 11 is 0. The Labute approximate surface area is 126 Å². The molecule has 2 saturated carbocycles. The van der Waals surface area contributed by atoms with Crippen molar-refractivity contribution >= 4 is 0 Å². The van der Waals surface area contributed by atoms with Gasteiger partial charge in [-0.05, 0) is 57.8 Å². The zero-order chi connectivity index (χ0) is 14.8. The van der Waals surface area contributed by atoms with Crippen LogP contribution in [0.5, 0.6) is 0 Å². The number of rotatable bonds is 7. The first-order valence-electron chi connectivity index (χ1n) is 8.79. The highest BCUT2D eigenvalue weighted by Gasteiger charge is 2.40. The molecule has 2 heteroatoms. The Morgan fingerprint density at radius 2 is 1.75 bits per heavy atom. The first-order valence-corrected chi connectivity index (χ1v) is 8.79. The Hall–Kier alpha value is -0.0800. The highest BCUT2D eigenvalue weighted by Crippen LogP contribution is 2.41. The Balaban J connectivity index is 1.96. The van der Waals surface area contributed by atoms with E-state index in [0.717, 1.165) is 12.0 Å². The third-order valence-corrected chi connectivity index (χ3v) is 4.86. The van der Waals surface area contributed by atoms with Crippen molar-refractivity contribution in [2.45, 2.75) is 84.7 Å². The maximum absolute atomic E-state index is 3.80. The fourth-order valence-corrected chi connectivity index (χ4v) is 3.65. The van der Waals surface area contributed by atoms with Gasteiger partial charge in [-0.3, -0.25) is 4.90 Å². The molecule has 2 aliphatic rings. The summed E-state index contributed by atoms with van der Waals surface area (Å²) in [6.45, 7) is 15.4. The summed E-state index contributed by atoms with van der Waals surface area (Å²) in [5, 5.41) is 3.80. The average Bonchev–Trinajstić information content (AvgIpc) is 3.07. The summed E-state index contributed by atoms with van der Waals surface area (Å²) < 4.78 is 0. The van der Waals surface area contributed by atoms with Crippen molar-refractivity contribution in [3.8, 4) is 0 Å². The molecule has 118 valence electrons. The van der Waals surface area contributed by atoms with Gasteiger partial charge in [0.15, 0.2) is 0 Å². The van der Waals surface area contributed by atoms with Crippen LogP contribution in [-0.2, 0) is 0 Å². The standard InChI is InChI=1S/C18H36N2/c1-15(2)12-20(16-8-9-16)14-18(10-6-7-11-18)13-19-17(3,4)5/h15-16,19H,6-14H2,1-5H3. The van der Waals surface area contributed by atoms with Gasteiger partial charge in [0.25, 0.3) is 0 Å². The van der Waals surface area contributed by atoms with Crippen LogP contribution in [-0.4, -0.2) is 36.1 Å². The van der Waals surface area contributed by atoms with Crippen LogP contribution in [0.25, 0.3) is 0 Å². The SMILES string of the molecule is CC(C)CN(CC1(CNC(C)(C)C)CCCC1)C1CC1. The molecule has 0 unspecified atom stereocenters. The predicted molar refractivity (Wildman–Crippen MR) is 88.1 cm³/mol. The molecule has 0 aromatic heterocycles. The molecule has 0 aromatic rings. The molecule has 2 nitrogen and oxygen atoms in total. The summed E-state index contributed by atoms with van der Waals surface area (Å²) in [4.78, 5) is 2.82. The minimum atomic E-state index is 0.248. The minimum Gasteiger partial charge on any atom is -0.311 e. The topological polar surface area (TPSA) is 15.3 Å². The molecule has 2 rings (SSSR count). The molecule has 0 heterocycles. The predicted octanol–water partition coefficient (Wildman–Crippen LogP) is 4.06. The maximum atomic E-state index is 3.80. The number of nitrogens with one attached hydrogen (secondary N) is 1. The lowest BCUT2D eigenvalue weighted by atomic mass is 9.84. The van der Waals surface area contributed by atoms with Gasteiger partial charge in [0, 0.05) is 31.2 Å². The van der Waals surface area contributed by atoms with Gasteiger partial charge in [0.1, 0.15) is 0 Å².